The molecule has 0 radical (unpaired) electrons. The van der Waals surface area contributed by atoms with Gasteiger partial charge < -0.3 is 15.5 Å². The van der Waals surface area contributed by atoms with E-state index in [1.165, 1.54) is 52.0 Å². The highest BCUT2D eigenvalue weighted by atomic mass is 15.2. The van der Waals surface area contributed by atoms with Crippen LogP contribution in [0.25, 0.3) is 0 Å². The van der Waals surface area contributed by atoms with Crippen molar-refractivity contribution in [2.75, 3.05) is 39.3 Å². The third-order valence-electron chi connectivity index (χ3n) is 3.39. The third kappa shape index (κ3) is 4.96. The van der Waals surface area contributed by atoms with E-state index in [0.717, 1.165) is 6.54 Å². The third-order valence-corrected chi connectivity index (χ3v) is 3.39. The summed E-state index contributed by atoms with van der Waals surface area (Å²) in [4.78, 5) is 5.02. The lowest BCUT2D eigenvalue weighted by atomic mass is 10.1. The largest absolute Gasteiger partial charge is 0.327 e. The van der Waals surface area contributed by atoms with Crippen LogP contribution in [-0.2, 0) is 0 Å². The quantitative estimate of drug-likeness (QED) is 0.718. The molecule has 15 heavy (non-hydrogen) atoms. The van der Waals surface area contributed by atoms with Crippen molar-refractivity contribution in [3.63, 3.8) is 0 Å². The van der Waals surface area contributed by atoms with Crippen molar-refractivity contribution in [2.24, 2.45) is 5.73 Å². The Hall–Kier alpha value is -0.120. The molecule has 1 fully saturated rings. The van der Waals surface area contributed by atoms with Gasteiger partial charge >= 0.3 is 0 Å². The minimum absolute atomic E-state index is 0.423. The van der Waals surface area contributed by atoms with E-state index in [9.17, 15) is 0 Å². The van der Waals surface area contributed by atoms with Crippen LogP contribution in [0.3, 0.4) is 0 Å². The molecule has 1 aliphatic rings. The van der Waals surface area contributed by atoms with Crippen LogP contribution in [0.1, 0.15) is 33.1 Å². The van der Waals surface area contributed by atoms with Crippen LogP contribution >= 0.6 is 0 Å². The van der Waals surface area contributed by atoms with E-state index in [-0.39, 0.29) is 0 Å². The Morgan fingerprint density at radius 3 is 2.67 bits per heavy atom. The molecule has 1 unspecified atom stereocenters. The Balaban J connectivity index is 2.08. The van der Waals surface area contributed by atoms with Gasteiger partial charge in [-0.2, -0.15) is 0 Å². The van der Waals surface area contributed by atoms with Gasteiger partial charge in [-0.25, -0.2) is 0 Å². The molecule has 1 atom stereocenters. The predicted molar refractivity (Wildman–Crippen MR) is 66.1 cm³/mol. The summed E-state index contributed by atoms with van der Waals surface area (Å²) < 4.78 is 0. The summed E-state index contributed by atoms with van der Waals surface area (Å²) in [6.45, 7) is 11.7. The highest BCUT2D eigenvalue weighted by molar-refractivity contribution is 4.74. The average molecular weight is 213 g/mol. The molecule has 1 aliphatic heterocycles. The van der Waals surface area contributed by atoms with Gasteiger partial charge in [0.05, 0.1) is 0 Å². The first-order valence-electron chi connectivity index (χ1n) is 6.46. The lowest BCUT2D eigenvalue weighted by Crippen LogP contribution is -2.43. The minimum atomic E-state index is 0.423. The molecular formula is C12H27N3. The predicted octanol–water partition coefficient (Wildman–Crippen LogP) is 1.14. The van der Waals surface area contributed by atoms with Crippen LogP contribution in [0.2, 0.25) is 0 Å². The normalized spacial score (nSPS) is 23.6. The Morgan fingerprint density at radius 1 is 1.33 bits per heavy atom. The van der Waals surface area contributed by atoms with E-state index < -0.39 is 0 Å². The maximum atomic E-state index is 5.96. The highest BCUT2D eigenvalue weighted by Gasteiger charge is 2.15. The zero-order chi connectivity index (χ0) is 11.1. The van der Waals surface area contributed by atoms with Crippen LogP contribution in [0.4, 0.5) is 0 Å². The van der Waals surface area contributed by atoms with Crippen LogP contribution in [-0.4, -0.2) is 55.1 Å². The van der Waals surface area contributed by atoms with E-state index in [0.29, 0.717) is 6.04 Å². The summed E-state index contributed by atoms with van der Waals surface area (Å²) in [7, 11) is 0. The molecule has 0 aliphatic carbocycles. The van der Waals surface area contributed by atoms with Crippen molar-refractivity contribution in [1.82, 2.24) is 9.80 Å². The monoisotopic (exact) mass is 213 g/mol. The number of likely N-dealkylation sites (tertiary alicyclic amines) is 1. The molecule has 0 spiro atoms. The van der Waals surface area contributed by atoms with Crippen molar-refractivity contribution >= 4 is 0 Å². The number of piperidine rings is 1. The number of hydrogen-bond donors (Lipinski definition) is 1. The smallest absolute Gasteiger partial charge is 0.0168 e. The van der Waals surface area contributed by atoms with Gasteiger partial charge in [0.25, 0.3) is 0 Å². The fourth-order valence-electron chi connectivity index (χ4n) is 2.35. The number of rotatable bonds is 6. The molecule has 1 saturated heterocycles. The molecule has 0 aromatic rings. The fourth-order valence-corrected chi connectivity index (χ4v) is 2.35. The first-order chi connectivity index (χ1) is 7.26. The standard InChI is InChI=1S/C12H27N3/c1-3-14(4-2)9-6-10-15-8-5-7-12(13)11-15/h12H,3-11,13H2,1-2H3. The molecule has 1 heterocycles. The summed E-state index contributed by atoms with van der Waals surface area (Å²) in [5.74, 6) is 0. The lowest BCUT2D eigenvalue weighted by molar-refractivity contribution is 0.193. The molecular weight excluding hydrogens is 186 g/mol. The topological polar surface area (TPSA) is 32.5 Å². The van der Waals surface area contributed by atoms with Crippen molar-refractivity contribution < 1.29 is 0 Å². The second-order valence-corrected chi connectivity index (χ2v) is 4.58. The summed E-state index contributed by atoms with van der Waals surface area (Å²) >= 11 is 0. The molecule has 0 amide bonds. The lowest BCUT2D eigenvalue weighted by Gasteiger charge is -2.31. The van der Waals surface area contributed by atoms with E-state index in [1.54, 1.807) is 0 Å². The van der Waals surface area contributed by atoms with Gasteiger partial charge in [0, 0.05) is 12.6 Å². The molecule has 0 saturated carbocycles. The van der Waals surface area contributed by atoms with Gasteiger partial charge in [-0.3, -0.25) is 0 Å². The molecule has 2 N–H and O–H groups in total. The van der Waals surface area contributed by atoms with Gasteiger partial charge in [0.2, 0.25) is 0 Å². The van der Waals surface area contributed by atoms with Gasteiger partial charge in [0.15, 0.2) is 0 Å². The molecule has 90 valence electrons. The van der Waals surface area contributed by atoms with Crippen LogP contribution in [0, 0.1) is 0 Å². The zero-order valence-electron chi connectivity index (χ0n) is 10.4. The molecule has 3 heteroatoms. The van der Waals surface area contributed by atoms with Crippen LogP contribution in [0.5, 0.6) is 0 Å². The fraction of sp³-hybridized carbons (Fsp3) is 1.00. The van der Waals surface area contributed by atoms with Crippen molar-refractivity contribution in [3.05, 3.63) is 0 Å². The molecule has 1 rings (SSSR count). The van der Waals surface area contributed by atoms with Gasteiger partial charge in [-0.15, -0.1) is 0 Å². The molecule has 0 aromatic carbocycles. The summed E-state index contributed by atoms with van der Waals surface area (Å²) in [6.07, 6.45) is 3.79. The summed E-state index contributed by atoms with van der Waals surface area (Å²) in [6, 6.07) is 0.423. The Labute approximate surface area is 94.6 Å². The van der Waals surface area contributed by atoms with Gasteiger partial charge in [-0.05, 0) is 52.0 Å². The van der Waals surface area contributed by atoms with Crippen molar-refractivity contribution in [3.8, 4) is 0 Å². The Kier molecular flexibility index (Phi) is 6.22. The second-order valence-electron chi connectivity index (χ2n) is 4.58. The van der Waals surface area contributed by atoms with Crippen LogP contribution in [0.15, 0.2) is 0 Å². The van der Waals surface area contributed by atoms with E-state index in [2.05, 4.69) is 23.6 Å². The van der Waals surface area contributed by atoms with E-state index >= 15 is 0 Å². The van der Waals surface area contributed by atoms with E-state index in [4.69, 9.17) is 5.73 Å². The number of nitrogens with zero attached hydrogens (tertiary/aromatic N) is 2. The maximum absolute atomic E-state index is 5.96. The summed E-state index contributed by atoms with van der Waals surface area (Å²) in [5, 5.41) is 0. The van der Waals surface area contributed by atoms with Crippen molar-refractivity contribution in [1.29, 1.82) is 0 Å². The number of nitrogens with two attached hydrogens (primary N) is 1. The molecule has 0 aromatic heterocycles. The highest BCUT2D eigenvalue weighted by Crippen LogP contribution is 2.08. The first kappa shape index (κ1) is 12.9. The second kappa shape index (κ2) is 7.20. The van der Waals surface area contributed by atoms with Gasteiger partial charge in [0.1, 0.15) is 0 Å². The Morgan fingerprint density at radius 2 is 2.07 bits per heavy atom. The maximum Gasteiger partial charge on any atom is 0.0168 e. The Bertz CT molecular complexity index is 157. The molecule has 3 nitrogen and oxygen atoms in total. The zero-order valence-corrected chi connectivity index (χ0v) is 10.4. The summed E-state index contributed by atoms with van der Waals surface area (Å²) in [5.41, 5.74) is 5.96. The first-order valence-corrected chi connectivity index (χ1v) is 6.46. The molecule has 0 bridgehead atoms. The minimum Gasteiger partial charge on any atom is -0.327 e. The van der Waals surface area contributed by atoms with Gasteiger partial charge in [-0.1, -0.05) is 13.8 Å². The van der Waals surface area contributed by atoms with Crippen molar-refractivity contribution in [2.45, 2.75) is 39.2 Å². The van der Waals surface area contributed by atoms with Crippen LogP contribution < -0.4 is 5.73 Å². The average Bonchev–Trinajstić information content (AvgIpc) is 2.25. The van der Waals surface area contributed by atoms with E-state index in [1.807, 2.05) is 0 Å². The number of hydrogen-bond acceptors (Lipinski definition) is 3. The SMILES string of the molecule is CCN(CC)CCCN1CCCC(N)C1.